The number of aromatic nitrogens is 3. The van der Waals surface area contributed by atoms with Gasteiger partial charge in [0.15, 0.2) is 0 Å². The first-order valence-electron chi connectivity index (χ1n) is 7.39. The summed E-state index contributed by atoms with van der Waals surface area (Å²) in [5.41, 5.74) is 1.00. The Bertz CT molecular complexity index is 400. The lowest BCUT2D eigenvalue weighted by atomic mass is 10.2. The molecule has 0 unspecified atom stereocenters. The molecule has 0 aliphatic heterocycles. The van der Waals surface area contributed by atoms with Crippen LogP contribution in [-0.4, -0.2) is 40.0 Å². The van der Waals surface area contributed by atoms with Crippen LogP contribution in [0.2, 0.25) is 0 Å². The molecule has 0 bridgehead atoms. The van der Waals surface area contributed by atoms with Crippen molar-refractivity contribution in [1.82, 2.24) is 25.6 Å². The van der Waals surface area contributed by atoms with Crippen LogP contribution >= 0.6 is 0 Å². The Morgan fingerprint density at radius 3 is 2.70 bits per heavy atom. The number of rotatable bonds is 9. The van der Waals surface area contributed by atoms with Gasteiger partial charge in [0.05, 0.1) is 5.69 Å². The maximum atomic E-state index is 11.4. The molecule has 6 nitrogen and oxygen atoms in total. The Morgan fingerprint density at radius 2 is 2.05 bits per heavy atom. The number of amides is 1. The van der Waals surface area contributed by atoms with E-state index in [0.717, 1.165) is 31.6 Å². The van der Waals surface area contributed by atoms with E-state index < -0.39 is 0 Å². The second-order valence-electron chi connectivity index (χ2n) is 5.63. The number of hydrogen-bond acceptors (Lipinski definition) is 4. The fourth-order valence-corrected chi connectivity index (χ4v) is 1.71. The molecular formula is C14H27N5O. The van der Waals surface area contributed by atoms with E-state index in [1.54, 1.807) is 0 Å². The first-order chi connectivity index (χ1) is 9.49. The summed E-state index contributed by atoms with van der Waals surface area (Å²) in [7, 11) is 0. The molecule has 0 aliphatic rings. The summed E-state index contributed by atoms with van der Waals surface area (Å²) in [6.07, 6.45) is 3.74. The summed E-state index contributed by atoms with van der Waals surface area (Å²) in [6.45, 7) is 10.4. The summed E-state index contributed by atoms with van der Waals surface area (Å²) in [4.78, 5) is 11.4. The lowest BCUT2D eigenvalue weighted by molar-refractivity contribution is -0.123. The lowest BCUT2D eigenvalue weighted by Crippen LogP contribution is -2.29. The molecule has 0 aliphatic carbocycles. The first kappa shape index (κ1) is 16.6. The molecule has 1 aromatic rings. The molecule has 0 saturated carbocycles. The van der Waals surface area contributed by atoms with Gasteiger partial charge in [0, 0.05) is 44.2 Å². The predicted molar refractivity (Wildman–Crippen MR) is 79.3 cm³/mol. The third-order valence-electron chi connectivity index (χ3n) is 2.91. The highest BCUT2D eigenvalue weighted by Gasteiger charge is 2.05. The van der Waals surface area contributed by atoms with Crippen molar-refractivity contribution in [3.8, 4) is 0 Å². The van der Waals surface area contributed by atoms with Crippen molar-refractivity contribution in [3.05, 3.63) is 11.9 Å². The second kappa shape index (κ2) is 8.68. The van der Waals surface area contributed by atoms with Gasteiger partial charge in [-0.15, -0.1) is 5.10 Å². The van der Waals surface area contributed by atoms with Crippen LogP contribution in [0.15, 0.2) is 6.20 Å². The Labute approximate surface area is 121 Å². The van der Waals surface area contributed by atoms with Gasteiger partial charge in [-0.2, -0.15) is 0 Å². The maximum absolute atomic E-state index is 11.4. The molecule has 6 heteroatoms. The van der Waals surface area contributed by atoms with E-state index in [0.29, 0.717) is 12.6 Å². The van der Waals surface area contributed by atoms with Gasteiger partial charge in [-0.25, -0.2) is 0 Å². The molecule has 0 atom stereocenters. The fourth-order valence-electron chi connectivity index (χ4n) is 1.71. The van der Waals surface area contributed by atoms with Crippen molar-refractivity contribution in [2.24, 2.45) is 5.92 Å². The van der Waals surface area contributed by atoms with Gasteiger partial charge in [-0.3, -0.25) is 9.48 Å². The van der Waals surface area contributed by atoms with Gasteiger partial charge < -0.3 is 10.6 Å². The van der Waals surface area contributed by atoms with Crippen LogP contribution < -0.4 is 10.6 Å². The molecule has 114 valence electrons. The van der Waals surface area contributed by atoms with Crippen molar-refractivity contribution in [2.75, 3.05) is 13.1 Å². The number of carbonyl (C=O) groups excluding carboxylic acids is 1. The molecular weight excluding hydrogens is 254 g/mol. The quantitative estimate of drug-likeness (QED) is 0.662. The predicted octanol–water partition coefficient (Wildman–Crippen LogP) is 0.981. The summed E-state index contributed by atoms with van der Waals surface area (Å²) in [6, 6.07) is 0.495. The lowest BCUT2D eigenvalue weighted by Gasteiger charge is -2.07. The van der Waals surface area contributed by atoms with Crippen LogP contribution in [0.3, 0.4) is 0 Å². The van der Waals surface area contributed by atoms with Crippen LogP contribution in [0, 0.1) is 5.92 Å². The fraction of sp³-hybridized carbons (Fsp3) is 0.786. The van der Waals surface area contributed by atoms with E-state index in [2.05, 4.69) is 34.8 Å². The summed E-state index contributed by atoms with van der Waals surface area (Å²) < 4.78 is 1.84. The van der Waals surface area contributed by atoms with E-state index in [1.807, 2.05) is 24.7 Å². The van der Waals surface area contributed by atoms with E-state index in [4.69, 9.17) is 0 Å². The Kier molecular flexibility index (Phi) is 7.22. The normalized spacial score (nSPS) is 11.3. The van der Waals surface area contributed by atoms with Crippen LogP contribution in [-0.2, 0) is 17.8 Å². The van der Waals surface area contributed by atoms with Crippen LogP contribution in [0.1, 0.15) is 39.8 Å². The molecule has 1 amide bonds. The van der Waals surface area contributed by atoms with Crippen LogP contribution in [0.25, 0.3) is 0 Å². The van der Waals surface area contributed by atoms with Gasteiger partial charge in [0.25, 0.3) is 0 Å². The minimum absolute atomic E-state index is 0.0430. The monoisotopic (exact) mass is 281 g/mol. The zero-order chi connectivity index (χ0) is 15.0. The van der Waals surface area contributed by atoms with Crippen molar-refractivity contribution in [1.29, 1.82) is 0 Å². The molecule has 1 heterocycles. The van der Waals surface area contributed by atoms with Gasteiger partial charge in [0.2, 0.25) is 5.91 Å². The van der Waals surface area contributed by atoms with Crippen molar-refractivity contribution in [2.45, 2.75) is 53.1 Å². The van der Waals surface area contributed by atoms with Crippen molar-refractivity contribution < 1.29 is 4.79 Å². The van der Waals surface area contributed by atoms with Gasteiger partial charge in [-0.1, -0.05) is 32.9 Å². The highest BCUT2D eigenvalue weighted by atomic mass is 16.1. The number of nitrogens with zero attached hydrogens (tertiary/aromatic N) is 3. The SMILES string of the molecule is CC(C)NCCc1cn(CCCNC(=O)C(C)C)nn1. The second-order valence-corrected chi connectivity index (χ2v) is 5.63. The number of aryl methyl sites for hydroxylation is 1. The Morgan fingerprint density at radius 1 is 1.30 bits per heavy atom. The maximum Gasteiger partial charge on any atom is 0.222 e. The topological polar surface area (TPSA) is 71.8 Å². The van der Waals surface area contributed by atoms with E-state index in [-0.39, 0.29) is 11.8 Å². The average Bonchev–Trinajstić information content (AvgIpc) is 2.81. The first-order valence-corrected chi connectivity index (χ1v) is 7.39. The summed E-state index contributed by atoms with van der Waals surface area (Å²) in [5, 5.41) is 14.5. The third-order valence-corrected chi connectivity index (χ3v) is 2.91. The summed E-state index contributed by atoms with van der Waals surface area (Å²) >= 11 is 0. The molecule has 0 spiro atoms. The molecule has 1 aromatic heterocycles. The molecule has 20 heavy (non-hydrogen) atoms. The largest absolute Gasteiger partial charge is 0.356 e. The highest BCUT2D eigenvalue weighted by molar-refractivity contribution is 5.77. The zero-order valence-corrected chi connectivity index (χ0v) is 13.0. The average molecular weight is 281 g/mol. The molecule has 1 rings (SSSR count). The molecule has 0 fully saturated rings. The van der Waals surface area contributed by atoms with Crippen molar-refractivity contribution >= 4 is 5.91 Å². The minimum Gasteiger partial charge on any atom is -0.356 e. The van der Waals surface area contributed by atoms with E-state index in [9.17, 15) is 4.79 Å². The van der Waals surface area contributed by atoms with Gasteiger partial charge >= 0.3 is 0 Å². The Balaban J connectivity index is 2.18. The van der Waals surface area contributed by atoms with Gasteiger partial charge in [-0.05, 0) is 6.42 Å². The Hall–Kier alpha value is -1.43. The van der Waals surface area contributed by atoms with E-state index >= 15 is 0 Å². The highest BCUT2D eigenvalue weighted by Crippen LogP contribution is 1.96. The number of carbonyl (C=O) groups is 1. The van der Waals surface area contributed by atoms with E-state index in [1.165, 1.54) is 0 Å². The molecule has 0 radical (unpaired) electrons. The molecule has 0 aromatic carbocycles. The summed E-state index contributed by atoms with van der Waals surface area (Å²) in [5.74, 6) is 0.144. The van der Waals surface area contributed by atoms with Crippen LogP contribution in [0.4, 0.5) is 0 Å². The smallest absolute Gasteiger partial charge is 0.222 e. The number of nitrogens with one attached hydrogen (secondary N) is 2. The standard InChI is InChI=1S/C14H27N5O/c1-11(2)14(20)16-7-5-9-19-10-13(17-18-19)6-8-15-12(3)4/h10-12,15H,5-9H2,1-4H3,(H,16,20). The van der Waals surface area contributed by atoms with Crippen molar-refractivity contribution in [3.63, 3.8) is 0 Å². The molecule has 0 saturated heterocycles. The van der Waals surface area contributed by atoms with Gasteiger partial charge in [0.1, 0.15) is 0 Å². The molecule has 2 N–H and O–H groups in total. The number of hydrogen-bond donors (Lipinski definition) is 2. The third kappa shape index (κ3) is 6.65. The zero-order valence-electron chi connectivity index (χ0n) is 13.0. The van der Waals surface area contributed by atoms with Crippen LogP contribution in [0.5, 0.6) is 0 Å². The minimum atomic E-state index is 0.0430.